The highest BCUT2D eigenvalue weighted by molar-refractivity contribution is 5.69. The molecule has 1 aromatic carbocycles. The van der Waals surface area contributed by atoms with E-state index in [1.165, 1.54) is 6.92 Å². The van der Waals surface area contributed by atoms with Crippen molar-refractivity contribution in [3.05, 3.63) is 29.8 Å². The number of rotatable bonds is 4. The van der Waals surface area contributed by atoms with Gasteiger partial charge in [-0.15, -0.1) is 0 Å². The van der Waals surface area contributed by atoms with Gasteiger partial charge >= 0.3 is 5.97 Å². The molecule has 0 saturated heterocycles. The third kappa shape index (κ3) is 3.72. The quantitative estimate of drug-likeness (QED) is 0.609. The molecule has 0 amide bonds. The summed E-state index contributed by atoms with van der Waals surface area (Å²) in [6, 6.07) is 7.40. The van der Waals surface area contributed by atoms with E-state index in [0.29, 0.717) is 5.75 Å². The molecule has 0 heterocycles. The number of esters is 1. The van der Waals surface area contributed by atoms with E-state index in [9.17, 15) is 4.79 Å². The zero-order chi connectivity index (χ0) is 11.3. The maximum atomic E-state index is 10.8. The third-order valence-corrected chi connectivity index (χ3v) is 2.15. The molecule has 0 fully saturated rings. The molecular weight excluding hydrogens is 190 g/mol. The standard InChI is InChI=1S/C12H17NO2/c1-3-5-12(13)10-6-4-7-11(8-10)15-9(2)14/h4,6-8,12H,3,5,13H2,1-2H3/t12-/m0/s1. The lowest BCUT2D eigenvalue weighted by Crippen LogP contribution is -2.10. The van der Waals surface area contributed by atoms with E-state index in [4.69, 9.17) is 10.5 Å². The molecule has 0 aliphatic carbocycles. The van der Waals surface area contributed by atoms with Crippen molar-refractivity contribution < 1.29 is 9.53 Å². The summed E-state index contributed by atoms with van der Waals surface area (Å²) >= 11 is 0. The van der Waals surface area contributed by atoms with Crippen LogP contribution in [0.3, 0.4) is 0 Å². The Morgan fingerprint density at radius 1 is 1.53 bits per heavy atom. The Balaban J connectivity index is 2.77. The van der Waals surface area contributed by atoms with Crippen molar-refractivity contribution in [1.29, 1.82) is 0 Å². The number of carbonyl (C=O) groups excluding carboxylic acids is 1. The Morgan fingerprint density at radius 2 is 2.27 bits per heavy atom. The molecule has 1 aromatic rings. The van der Waals surface area contributed by atoms with Gasteiger partial charge < -0.3 is 10.5 Å². The minimum absolute atomic E-state index is 0.0190. The van der Waals surface area contributed by atoms with Crippen molar-refractivity contribution in [2.75, 3.05) is 0 Å². The predicted molar refractivity (Wildman–Crippen MR) is 59.6 cm³/mol. The van der Waals surface area contributed by atoms with Gasteiger partial charge in [-0.3, -0.25) is 4.79 Å². The highest BCUT2D eigenvalue weighted by Crippen LogP contribution is 2.20. The first kappa shape index (κ1) is 11.7. The second kappa shape index (κ2) is 5.51. The summed E-state index contributed by atoms with van der Waals surface area (Å²) in [5.74, 6) is 0.253. The predicted octanol–water partition coefficient (Wildman–Crippen LogP) is 2.41. The van der Waals surface area contributed by atoms with Crippen LogP contribution in [0.25, 0.3) is 0 Å². The van der Waals surface area contributed by atoms with Gasteiger partial charge in [0, 0.05) is 13.0 Å². The van der Waals surface area contributed by atoms with Gasteiger partial charge in [0.1, 0.15) is 5.75 Å². The topological polar surface area (TPSA) is 52.3 Å². The second-order valence-electron chi connectivity index (χ2n) is 3.56. The minimum Gasteiger partial charge on any atom is -0.427 e. The number of nitrogens with two attached hydrogens (primary N) is 1. The summed E-state index contributed by atoms with van der Waals surface area (Å²) in [5, 5.41) is 0. The van der Waals surface area contributed by atoms with Crippen LogP contribution in [0.2, 0.25) is 0 Å². The van der Waals surface area contributed by atoms with Crippen LogP contribution >= 0.6 is 0 Å². The number of hydrogen-bond acceptors (Lipinski definition) is 3. The molecule has 0 aromatic heterocycles. The summed E-state index contributed by atoms with van der Waals surface area (Å²) in [6.45, 7) is 3.48. The molecule has 1 rings (SSSR count). The minimum atomic E-state index is -0.309. The highest BCUT2D eigenvalue weighted by atomic mass is 16.5. The molecule has 0 unspecified atom stereocenters. The zero-order valence-electron chi connectivity index (χ0n) is 9.19. The van der Waals surface area contributed by atoms with Gasteiger partial charge in [-0.2, -0.15) is 0 Å². The molecular formula is C12H17NO2. The van der Waals surface area contributed by atoms with Crippen molar-refractivity contribution in [2.45, 2.75) is 32.7 Å². The lowest BCUT2D eigenvalue weighted by molar-refractivity contribution is -0.131. The lowest BCUT2D eigenvalue weighted by atomic mass is 10.0. The van der Waals surface area contributed by atoms with Crippen LogP contribution in [0.1, 0.15) is 38.3 Å². The first-order valence-electron chi connectivity index (χ1n) is 5.17. The van der Waals surface area contributed by atoms with Crippen LogP contribution in [-0.2, 0) is 4.79 Å². The largest absolute Gasteiger partial charge is 0.427 e. The summed E-state index contributed by atoms with van der Waals surface area (Å²) in [4.78, 5) is 10.8. The summed E-state index contributed by atoms with van der Waals surface area (Å²) in [5.41, 5.74) is 6.97. The van der Waals surface area contributed by atoms with Crippen LogP contribution in [0.4, 0.5) is 0 Å². The molecule has 0 saturated carbocycles. The molecule has 15 heavy (non-hydrogen) atoms. The average molecular weight is 207 g/mol. The Bertz CT molecular complexity index is 336. The lowest BCUT2D eigenvalue weighted by Gasteiger charge is -2.11. The van der Waals surface area contributed by atoms with Crippen LogP contribution in [0.15, 0.2) is 24.3 Å². The fourth-order valence-corrected chi connectivity index (χ4v) is 1.45. The Kier molecular flexibility index (Phi) is 4.31. The Labute approximate surface area is 90.2 Å². The van der Waals surface area contributed by atoms with Crippen molar-refractivity contribution in [3.63, 3.8) is 0 Å². The van der Waals surface area contributed by atoms with Crippen molar-refractivity contribution in [3.8, 4) is 5.75 Å². The fraction of sp³-hybridized carbons (Fsp3) is 0.417. The number of ether oxygens (including phenoxy) is 1. The molecule has 3 heteroatoms. The maximum Gasteiger partial charge on any atom is 0.308 e. The third-order valence-electron chi connectivity index (χ3n) is 2.15. The fourth-order valence-electron chi connectivity index (χ4n) is 1.45. The van der Waals surface area contributed by atoms with Gasteiger partial charge in [-0.25, -0.2) is 0 Å². The van der Waals surface area contributed by atoms with Crippen molar-refractivity contribution >= 4 is 5.97 Å². The molecule has 2 N–H and O–H groups in total. The highest BCUT2D eigenvalue weighted by Gasteiger charge is 2.06. The normalized spacial score (nSPS) is 12.2. The van der Waals surface area contributed by atoms with E-state index >= 15 is 0 Å². The molecule has 3 nitrogen and oxygen atoms in total. The average Bonchev–Trinajstić information content (AvgIpc) is 2.17. The molecule has 0 spiro atoms. The number of hydrogen-bond donors (Lipinski definition) is 1. The Hall–Kier alpha value is -1.35. The molecule has 82 valence electrons. The van der Waals surface area contributed by atoms with Crippen LogP contribution in [0.5, 0.6) is 5.75 Å². The number of carbonyl (C=O) groups is 1. The summed E-state index contributed by atoms with van der Waals surface area (Å²) in [7, 11) is 0. The summed E-state index contributed by atoms with van der Waals surface area (Å²) in [6.07, 6.45) is 1.97. The van der Waals surface area contributed by atoms with Crippen LogP contribution in [-0.4, -0.2) is 5.97 Å². The van der Waals surface area contributed by atoms with Gasteiger partial charge in [-0.1, -0.05) is 25.5 Å². The molecule has 0 bridgehead atoms. The molecule has 0 radical (unpaired) electrons. The summed E-state index contributed by atoms with van der Waals surface area (Å²) < 4.78 is 4.99. The van der Waals surface area contributed by atoms with Crippen molar-refractivity contribution in [1.82, 2.24) is 0 Å². The van der Waals surface area contributed by atoms with E-state index in [1.807, 2.05) is 18.2 Å². The monoisotopic (exact) mass is 207 g/mol. The first-order valence-corrected chi connectivity index (χ1v) is 5.17. The SMILES string of the molecule is CCC[C@H](N)c1cccc(OC(C)=O)c1. The van der Waals surface area contributed by atoms with Gasteiger partial charge in [-0.05, 0) is 24.1 Å². The zero-order valence-corrected chi connectivity index (χ0v) is 9.19. The van der Waals surface area contributed by atoms with E-state index in [2.05, 4.69) is 6.92 Å². The number of benzene rings is 1. The van der Waals surface area contributed by atoms with E-state index in [0.717, 1.165) is 18.4 Å². The van der Waals surface area contributed by atoms with Crippen LogP contribution in [0, 0.1) is 0 Å². The molecule has 1 atom stereocenters. The van der Waals surface area contributed by atoms with Gasteiger partial charge in [0.15, 0.2) is 0 Å². The molecule has 0 aliphatic heterocycles. The van der Waals surface area contributed by atoms with Crippen molar-refractivity contribution in [2.24, 2.45) is 5.73 Å². The maximum absolute atomic E-state index is 10.8. The van der Waals surface area contributed by atoms with E-state index in [-0.39, 0.29) is 12.0 Å². The second-order valence-corrected chi connectivity index (χ2v) is 3.56. The van der Waals surface area contributed by atoms with Gasteiger partial charge in [0.25, 0.3) is 0 Å². The van der Waals surface area contributed by atoms with Gasteiger partial charge in [0.2, 0.25) is 0 Å². The van der Waals surface area contributed by atoms with E-state index < -0.39 is 0 Å². The molecule has 0 aliphatic rings. The van der Waals surface area contributed by atoms with Crippen LogP contribution < -0.4 is 10.5 Å². The Morgan fingerprint density at radius 3 is 2.87 bits per heavy atom. The van der Waals surface area contributed by atoms with Gasteiger partial charge in [0.05, 0.1) is 0 Å². The first-order chi connectivity index (χ1) is 7.13. The smallest absolute Gasteiger partial charge is 0.308 e. The van der Waals surface area contributed by atoms with E-state index in [1.54, 1.807) is 6.07 Å².